The van der Waals surface area contributed by atoms with E-state index in [1.165, 1.54) is 6.07 Å². The third kappa shape index (κ3) is 1.70. The largest absolute Gasteiger partial charge is 0.491 e. The molecule has 1 aromatic carbocycles. The van der Waals surface area contributed by atoms with E-state index in [9.17, 15) is 4.39 Å². The van der Waals surface area contributed by atoms with Crippen LogP contribution in [0, 0.1) is 12.7 Å². The molecule has 0 bridgehead atoms. The van der Waals surface area contributed by atoms with Gasteiger partial charge < -0.3 is 4.74 Å². The molecular formula is C9H10FO. The third-order valence-corrected chi connectivity index (χ3v) is 1.34. The lowest BCUT2D eigenvalue weighted by atomic mass is 10.2. The molecule has 0 atom stereocenters. The van der Waals surface area contributed by atoms with Crippen LogP contribution in [0.1, 0.15) is 12.5 Å². The maximum Gasteiger partial charge on any atom is 0.165 e. The zero-order chi connectivity index (χ0) is 8.27. The van der Waals surface area contributed by atoms with Gasteiger partial charge in [0.1, 0.15) is 0 Å². The van der Waals surface area contributed by atoms with Crippen LogP contribution in [0.5, 0.6) is 5.75 Å². The van der Waals surface area contributed by atoms with E-state index >= 15 is 0 Å². The lowest BCUT2D eigenvalue weighted by molar-refractivity contribution is 0.320. The van der Waals surface area contributed by atoms with Crippen LogP contribution in [0.4, 0.5) is 4.39 Å². The summed E-state index contributed by atoms with van der Waals surface area (Å²) in [6, 6.07) is 4.69. The first-order valence-corrected chi connectivity index (χ1v) is 3.49. The van der Waals surface area contributed by atoms with E-state index in [0.717, 1.165) is 0 Å². The van der Waals surface area contributed by atoms with Gasteiger partial charge in [0.25, 0.3) is 0 Å². The topological polar surface area (TPSA) is 9.23 Å². The van der Waals surface area contributed by atoms with Gasteiger partial charge in [-0.25, -0.2) is 4.39 Å². The van der Waals surface area contributed by atoms with Crippen molar-refractivity contribution in [2.24, 2.45) is 0 Å². The van der Waals surface area contributed by atoms with Gasteiger partial charge in [-0.1, -0.05) is 12.1 Å². The van der Waals surface area contributed by atoms with Gasteiger partial charge in [-0.3, -0.25) is 0 Å². The van der Waals surface area contributed by atoms with Gasteiger partial charge in [0.05, 0.1) is 6.61 Å². The predicted molar refractivity (Wildman–Crippen MR) is 42.0 cm³/mol. The Hall–Kier alpha value is -1.05. The summed E-state index contributed by atoms with van der Waals surface area (Å²) in [5.41, 5.74) is 0.590. The molecule has 2 heteroatoms. The van der Waals surface area contributed by atoms with Crippen molar-refractivity contribution >= 4 is 0 Å². The summed E-state index contributed by atoms with van der Waals surface area (Å²) < 4.78 is 17.9. The SMILES string of the molecule is [CH2]c1cccc(F)c1OCC. The summed E-state index contributed by atoms with van der Waals surface area (Å²) in [5, 5.41) is 0. The first kappa shape index (κ1) is 8.05. The molecule has 0 saturated carbocycles. The first-order chi connectivity index (χ1) is 5.25. The van der Waals surface area contributed by atoms with Crippen LogP contribution >= 0.6 is 0 Å². The summed E-state index contributed by atoms with van der Waals surface area (Å²) in [7, 11) is 0. The van der Waals surface area contributed by atoms with E-state index in [2.05, 4.69) is 6.92 Å². The minimum Gasteiger partial charge on any atom is -0.491 e. The Balaban J connectivity index is 3.00. The molecule has 0 amide bonds. The second-order valence-corrected chi connectivity index (χ2v) is 2.16. The van der Waals surface area contributed by atoms with E-state index in [4.69, 9.17) is 4.74 Å². The van der Waals surface area contributed by atoms with Gasteiger partial charge in [0.15, 0.2) is 11.6 Å². The summed E-state index contributed by atoms with van der Waals surface area (Å²) in [6.07, 6.45) is 0. The van der Waals surface area contributed by atoms with Crippen LogP contribution < -0.4 is 4.74 Å². The molecule has 0 fully saturated rings. The Kier molecular flexibility index (Phi) is 2.47. The van der Waals surface area contributed by atoms with Crippen LogP contribution in [0.3, 0.4) is 0 Å². The molecule has 0 aliphatic heterocycles. The van der Waals surface area contributed by atoms with Crippen molar-refractivity contribution in [2.75, 3.05) is 6.61 Å². The van der Waals surface area contributed by atoms with Crippen LogP contribution in [0.2, 0.25) is 0 Å². The highest BCUT2D eigenvalue weighted by Gasteiger charge is 2.03. The quantitative estimate of drug-likeness (QED) is 0.634. The molecule has 0 unspecified atom stereocenters. The van der Waals surface area contributed by atoms with E-state index in [-0.39, 0.29) is 11.6 Å². The van der Waals surface area contributed by atoms with Crippen molar-refractivity contribution in [1.29, 1.82) is 0 Å². The molecule has 0 spiro atoms. The van der Waals surface area contributed by atoms with Crippen molar-refractivity contribution in [1.82, 2.24) is 0 Å². The molecule has 0 N–H and O–H groups in total. The normalized spacial score (nSPS) is 9.73. The molecule has 0 heterocycles. The van der Waals surface area contributed by atoms with Gasteiger partial charge in [0.2, 0.25) is 0 Å². The lowest BCUT2D eigenvalue weighted by Crippen LogP contribution is -1.96. The Bertz CT molecular complexity index is 225. The molecule has 59 valence electrons. The van der Waals surface area contributed by atoms with Crippen molar-refractivity contribution in [3.8, 4) is 5.75 Å². The zero-order valence-electron chi connectivity index (χ0n) is 6.43. The van der Waals surface area contributed by atoms with E-state index in [1.54, 1.807) is 12.1 Å². The first-order valence-electron chi connectivity index (χ1n) is 3.49. The molecule has 0 aliphatic carbocycles. The van der Waals surface area contributed by atoms with Crippen molar-refractivity contribution in [3.05, 3.63) is 36.5 Å². The molecule has 0 aromatic heterocycles. The summed E-state index contributed by atoms with van der Waals surface area (Å²) in [6.45, 7) is 5.91. The minimum atomic E-state index is -0.348. The highest BCUT2D eigenvalue weighted by Crippen LogP contribution is 2.20. The maximum absolute atomic E-state index is 12.9. The molecule has 0 aliphatic rings. The molecule has 1 nitrogen and oxygen atoms in total. The third-order valence-electron chi connectivity index (χ3n) is 1.34. The zero-order valence-corrected chi connectivity index (χ0v) is 6.43. The Morgan fingerprint density at radius 3 is 2.82 bits per heavy atom. The number of hydrogen-bond donors (Lipinski definition) is 0. The molecule has 11 heavy (non-hydrogen) atoms. The van der Waals surface area contributed by atoms with Crippen molar-refractivity contribution < 1.29 is 9.13 Å². The smallest absolute Gasteiger partial charge is 0.165 e. The molecule has 0 saturated heterocycles. The minimum absolute atomic E-state index is 0.259. The standard InChI is InChI=1S/C9H10FO/c1-3-11-9-7(2)5-4-6-8(9)10/h4-6H,2-3H2,1H3. The van der Waals surface area contributed by atoms with Crippen LogP contribution in [0.15, 0.2) is 18.2 Å². The van der Waals surface area contributed by atoms with Gasteiger partial charge in [-0.15, -0.1) is 0 Å². The van der Waals surface area contributed by atoms with Crippen LogP contribution in [0.25, 0.3) is 0 Å². The second-order valence-electron chi connectivity index (χ2n) is 2.16. The fourth-order valence-electron chi connectivity index (χ4n) is 0.859. The van der Waals surface area contributed by atoms with Crippen LogP contribution in [-0.2, 0) is 0 Å². The molecular weight excluding hydrogens is 143 g/mol. The average Bonchev–Trinajstić information content (AvgIpc) is 1.97. The van der Waals surface area contributed by atoms with Gasteiger partial charge in [-0.05, 0) is 25.5 Å². The summed E-state index contributed by atoms with van der Waals surface area (Å²) in [5.74, 6) is -0.0886. The van der Waals surface area contributed by atoms with Gasteiger partial charge in [0, 0.05) is 0 Å². The lowest BCUT2D eigenvalue weighted by Gasteiger charge is -2.06. The van der Waals surface area contributed by atoms with Crippen molar-refractivity contribution in [2.45, 2.75) is 6.92 Å². The maximum atomic E-state index is 12.9. The highest BCUT2D eigenvalue weighted by molar-refractivity contribution is 5.36. The van der Waals surface area contributed by atoms with E-state index < -0.39 is 0 Å². The Morgan fingerprint density at radius 2 is 2.27 bits per heavy atom. The Labute approximate surface area is 65.8 Å². The number of rotatable bonds is 2. The summed E-state index contributed by atoms with van der Waals surface area (Å²) in [4.78, 5) is 0. The van der Waals surface area contributed by atoms with Gasteiger partial charge >= 0.3 is 0 Å². The monoisotopic (exact) mass is 153 g/mol. The number of para-hydroxylation sites is 1. The molecule has 1 radical (unpaired) electrons. The van der Waals surface area contributed by atoms with E-state index in [1.807, 2.05) is 6.92 Å². The van der Waals surface area contributed by atoms with Gasteiger partial charge in [-0.2, -0.15) is 0 Å². The van der Waals surface area contributed by atoms with Crippen LogP contribution in [-0.4, -0.2) is 6.61 Å². The molecule has 1 aromatic rings. The fourth-order valence-corrected chi connectivity index (χ4v) is 0.859. The summed E-state index contributed by atoms with van der Waals surface area (Å²) >= 11 is 0. The fraction of sp³-hybridized carbons (Fsp3) is 0.222. The number of halogens is 1. The second kappa shape index (κ2) is 3.37. The predicted octanol–water partition coefficient (Wildman–Crippen LogP) is 2.41. The Morgan fingerprint density at radius 1 is 1.55 bits per heavy atom. The number of benzene rings is 1. The van der Waals surface area contributed by atoms with E-state index in [0.29, 0.717) is 12.2 Å². The number of ether oxygens (including phenoxy) is 1. The number of hydrogen-bond acceptors (Lipinski definition) is 1. The highest BCUT2D eigenvalue weighted by atomic mass is 19.1. The van der Waals surface area contributed by atoms with Crippen molar-refractivity contribution in [3.63, 3.8) is 0 Å². The molecule has 1 rings (SSSR count). The average molecular weight is 153 g/mol.